The van der Waals surface area contributed by atoms with Gasteiger partial charge in [-0.05, 0) is 24.1 Å². The van der Waals surface area contributed by atoms with Gasteiger partial charge >= 0.3 is 0 Å². The van der Waals surface area contributed by atoms with Gasteiger partial charge in [0.25, 0.3) is 10.1 Å². The van der Waals surface area contributed by atoms with Gasteiger partial charge in [0.15, 0.2) is 11.5 Å². The molecular weight excluding hydrogens is 557 g/mol. The summed E-state index contributed by atoms with van der Waals surface area (Å²) in [6.45, 7) is 9.54. The van der Waals surface area contributed by atoms with Crippen molar-refractivity contribution in [1.29, 1.82) is 0 Å². The van der Waals surface area contributed by atoms with E-state index >= 15 is 0 Å². The lowest BCUT2D eigenvalue weighted by molar-refractivity contribution is 0.0774. The summed E-state index contributed by atoms with van der Waals surface area (Å²) < 4.78 is 39.9. The fourth-order valence-corrected chi connectivity index (χ4v) is 6.02. The maximum Gasteiger partial charge on any atom is 0.264 e. The standard InChI is InChI=1S/C30H38N4O5SSi/c1-23-20-34(22-38-18-19-41(3,4)5)32-28(29(23)35)30-31-16-17-33(30)21-26(39-40(2,36)37)27(24-12-8-6-9-13-24)25-14-10-7-11-15-25/h6-17,20,26-27H,18-19,21-22H2,1-5H3. The van der Waals surface area contributed by atoms with Crippen LogP contribution in [0, 0.1) is 6.92 Å². The first-order chi connectivity index (χ1) is 19.4. The predicted octanol–water partition coefficient (Wildman–Crippen LogP) is 4.90. The smallest absolute Gasteiger partial charge is 0.264 e. The van der Waals surface area contributed by atoms with Crippen LogP contribution in [-0.4, -0.2) is 54.8 Å². The lowest BCUT2D eigenvalue weighted by Gasteiger charge is -2.28. The molecule has 2 aromatic carbocycles. The molecule has 9 nitrogen and oxygen atoms in total. The molecule has 0 radical (unpaired) electrons. The molecule has 41 heavy (non-hydrogen) atoms. The second-order valence-electron chi connectivity index (χ2n) is 11.4. The molecule has 0 aliphatic heterocycles. The fraction of sp³-hybridized carbons (Fsp3) is 0.367. The van der Waals surface area contributed by atoms with Crippen molar-refractivity contribution in [3.8, 4) is 11.5 Å². The third-order valence-electron chi connectivity index (χ3n) is 6.66. The Labute approximate surface area is 242 Å². The molecule has 218 valence electrons. The third-order valence-corrected chi connectivity index (χ3v) is 8.96. The lowest BCUT2D eigenvalue weighted by Crippen LogP contribution is -2.31. The number of aryl methyl sites for hydroxylation is 1. The predicted molar refractivity (Wildman–Crippen MR) is 163 cm³/mol. The molecule has 0 spiro atoms. The minimum absolute atomic E-state index is 0.110. The van der Waals surface area contributed by atoms with Crippen LogP contribution in [0.5, 0.6) is 0 Å². The molecule has 4 rings (SSSR count). The molecule has 0 aliphatic rings. The van der Waals surface area contributed by atoms with Crippen molar-refractivity contribution >= 4 is 18.2 Å². The average molecular weight is 595 g/mol. The van der Waals surface area contributed by atoms with Crippen LogP contribution >= 0.6 is 0 Å². The van der Waals surface area contributed by atoms with Crippen molar-refractivity contribution in [2.45, 2.75) is 57.9 Å². The SMILES string of the molecule is Cc1cn(COCC[Si](C)(C)C)nc(-c2nccn2CC(OS(C)(=O)=O)C(c2ccccc2)c2ccccc2)c1=O. The summed E-state index contributed by atoms with van der Waals surface area (Å²) in [5, 5.41) is 4.56. The maximum absolute atomic E-state index is 13.2. The Kier molecular flexibility index (Phi) is 9.75. The quantitative estimate of drug-likeness (QED) is 0.123. The molecule has 0 N–H and O–H groups in total. The first kappa shape index (κ1) is 30.6. The van der Waals surface area contributed by atoms with E-state index in [-0.39, 0.29) is 24.4 Å². The highest BCUT2D eigenvalue weighted by Crippen LogP contribution is 2.32. The zero-order valence-corrected chi connectivity index (χ0v) is 26.0. The van der Waals surface area contributed by atoms with Crippen LogP contribution in [0.3, 0.4) is 0 Å². The summed E-state index contributed by atoms with van der Waals surface area (Å²) in [7, 11) is -5.08. The highest BCUT2D eigenvalue weighted by Gasteiger charge is 2.30. The van der Waals surface area contributed by atoms with E-state index in [1.165, 1.54) is 0 Å². The van der Waals surface area contributed by atoms with Gasteiger partial charge in [-0.3, -0.25) is 8.98 Å². The summed E-state index contributed by atoms with van der Waals surface area (Å²) >= 11 is 0. The normalized spacial score (nSPS) is 13.0. The Balaban J connectivity index is 1.70. The van der Waals surface area contributed by atoms with Crippen molar-refractivity contribution in [1.82, 2.24) is 19.3 Å². The van der Waals surface area contributed by atoms with Crippen molar-refractivity contribution in [3.63, 3.8) is 0 Å². The molecule has 0 amide bonds. The Morgan fingerprint density at radius 1 is 0.976 bits per heavy atom. The van der Waals surface area contributed by atoms with Gasteiger partial charge in [0.1, 0.15) is 12.8 Å². The largest absolute Gasteiger partial charge is 0.360 e. The maximum atomic E-state index is 13.2. The van der Waals surface area contributed by atoms with Gasteiger partial charge in [0.05, 0.1) is 12.8 Å². The van der Waals surface area contributed by atoms with Crippen LogP contribution in [0.1, 0.15) is 22.6 Å². The topological polar surface area (TPSA) is 105 Å². The molecule has 0 saturated carbocycles. The molecule has 2 heterocycles. The summed E-state index contributed by atoms with van der Waals surface area (Å²) in [6.07, 6.45) is 5.17. The molecule has 0 bridgehead atoms. The Hall–Kier alpha value is -3.38. The Bertz CT molecular complexity index is 1560. The van der Waals surface area contributed by atoms with Crippen LogP contribution in [0.4, 0.5) is 0 Å². The summed E-state index contributed by atoms with van der Waals surface area (Å²) in [5.74, 6) is -0.0826. The van der Waals surface area contributed by atoms with E-state index in [2.05, 4.69) is 29.7 Å². The average Bonchev–Trinajstić information content (AvgIpc) is 3.36. The minimum atomic E-state index is -3.84. The van der Waals surface area contributed by atoms with E-state index in [9.17, 15) is 13.2 Å². The number of imidazole rings is 1. The van der Waals surface area contributed by atoms with Crippen molar-refractivity contribution < 1.29 is 17.3 Å². The second kappa shape index (κ2) is 13.1. The van der Waals surface area contributed by atoms with Crippen LogP contribution in [0.15, 0.2) is 84.0 Å². The highest BCUT2D eigenvalue weighted by molar-refractivity contribution is 7.86. The van der Waals surface area contributed by atoms with E-state index < -0.39 is 30.2 Å². The summed E-state index contributed by atoms with van der Waals surface area (Å²) in [4.78, 5) is 17.7. The monoisotopic (exact) mass is 594 g/mol. The van der Waals surface area contributed by atoms with Crippen LogP contribution in [0.2, 0.25) is 25.7 Å². The molecule has 11 heteroatoms. The third kappa shape index (κ3) is 8.56. The van der Waals surface area contributed by atoms with Crippen LogP contribution in [-0.2, 0) is 32.3 Å². The number of nitrogens with zero attached hydrogens (tertiary/aromatic N) is 4. The van der Waals surface area contributed by atoms with Crippen molar-refractivity contribution in [2.75, 3.05) is 12.9 Å². The van der Waals surface area contributed by atoms with Gasteiger partial charge in [-0.1, -0.05) is 80.3 Å². The number of hydrogen-bond donors (Lipinski definition) is 0. The lowest BCUT2D eigenvalue weighted by atomic mass is 9.86. The summed E-state index contributed by atoms with van der Waals surface area (Å²) in [6, 6.07) is 20.3. The van der Waals surface area contributed by atoms with Gasteiger partial charge in [0.2, 0.25) is 5.43 Å². The summed E-state index contributed by atoms with van der Waals surface area (Å²) in [5.41, 5.74) is 2.23. The van der Waals surface area contributed by atoms with Crippen LogP contribution < -0.4 is 5.43 Å². The second-order valence-corrected chi connectivity index (χ2v) is 18.6. The van der Waals surface area contributed by atoms with Gasteiger partial charge < -0.3 is 9.30 Å². The molecular formula is C30H38N4O5SSi. The van der Waals surface area contributed by atoms with Crippen molar-refractivity contribution in [2.24, 2.45) is 0 Å². The highest BCUT2D eigenvalue weighted by atomic mass is 32.2. The van der Waals surface area contributed by atoms with E-state index in [1.54, 1.807) is 34.8 Å². The number of rotatable bonds is 13. The Morgan fingerprint density at radius 3 is 2.15 bits per heavy atom. The fourth-order valence-electron chi connectivity index (χ4n) is 4.65. The van der Waals surface area contributed by atoms with Gasteiger partial charge in [-0.2, -0.15) is 13.5 Å². The molecule has 4 aromatic rings. The molecule has 1 unspecified atom stereocenters. The molecule has 2 aromatic heterocycles. The van der Waals surface area contributed by atoms with E-state index in [0.717, 1.165) is 23.4 Å². The molecule has 0 aliphatic carbocycles. The Morgan fingerprint density at radius 2 is 1.59 bits per heavy atom. The number of benzene rings is 2. The molecule has 1 atom stereocenters. The van der Waals surface area contributed by atoms with Crippen LogP contribution in [0.25, 0.3) is 11.5 Å². The van der Waals surface area contributed by atoms with E-state index in [1.807, 2.05) is 60.7 Å². The zero-order chi connectivity index (χ0) is 29.6. The minimum Gasteiger partial charge on any atom is -0.360 e. The van der Waals surface area contributed by atoms with Gasteiger partial charge in [0, 0.05) is 44.8 Å². The van der Waals surface area contributed by atoms with Gasteiger partial charge in [-0.25, -0.2) is 9.67 Å². The number of aromatic nitrogens is 4. The molecule has 0 saturated heterocycles. The van der Waals surface area contributed by atoms with E-state index in [0.29, 0.717) is 18.0 Å². The molecule has 0 fully saturated rings. The van der Waals surface area contributed by atoms with Gasteiger partial charge in [-0.15, -0.1) is 0 Å². The number of hydrogen-bond acceptors (Lipinski definition) is 7. The zero-order valence-electron chi connectivity index (χ0n) is 24.2. The first-order valence-electron chi connectivity index (χ1n) is 13.6. The first-order valence-corrected chi connectivity index (χ1v) is 19.1. The van der Waals surface area contributed by atoms with Crippen molar-refractivity contribution in [3.05, 3.63) is 106 Å². The van der Waals surface area contributed by atoms with E-state index in [4.69, 9.17) is 8.92 Å². The number of ether oxygens (including phenoxy) is 1.